The van der Waals surface area contributed by atoms with Crippen LogP contribution in [0.5, 0.6) is 0 Å². The fraction of sp³-hybridized carbons (Fsp3) is 0.417. The normalized spacial score (nSPS) is 21.5. The summed E-state index contributed by atoms with van der Waals surface area (Å²) in [6.07, 6.45) is 0.787. The first kappa shape index (κ1) is 9.88. The number of imidazole rings is 1. The maximum Gasteiger partial charge on any atom is 0.203 e. The fourth-order valence-electron chi connectivity index (χ4n) is 2.82. The zero-order chi connectivity index (χ0) is 11.5. The van der Waals surface area contributed by atoms with Gasteiger partial charge in [-0.05, 0) is 17.7 Å². The van der Waals surface area contributed by atoms with E-state index in [1.807, 2.05) is 22.8 Å². The zero-order valence-electron chi connectivity index (χ0n) is 9.15. The van der Waals surface area contributed by atoms with E-state index in [4.69, 9.17) is 21.1 Å². The third-order valence-corrected chi connectivity index (χ3v) is 3.84. The Morgan fingerprint density at radius 1 is 1.29 bits per heavy atom. The summed E-state index contributed by atoms with van der Waals surface area (Å²) in [5, 5.41) is 0.542. The number of aryl methyl sites for hydroxylation is 1. The Kier molecular flexibility index (Phi) is 1.87. The van der Waals surface area contributed by atoms with Crippen LogP contribution in [-0.4, -0.2) is 22.8 Å². The molecule has 0 saturated carbocycles. The number of benzene rings is 1. The number of hydrogen-bond donors (Lipinski definition) is 0. The van der Waals surface area contributed by atoms with Crippen molar-refractivity contribution < 1.29 is 9.47 Å². The monoisotopic (exact) mass is 250 g/mol. The van der Waals surface area contributed by atoms with Gasteiger partial charge in [-0.2, -0.15) is 0 Å². The van der Waals surface area contributed by atoms with Crippen molar-refractivity contribution in [2.75, 3.05) is 13.2 Å². The van der Waals surface area contributed by atoms with Crippen LogP contribution >= 0.6 is 11.6 Å². The number of hydrogen-bond acceptors (Lipinski definition) is 3. The van der Waals surface area contributed by atoms with Crippen LogP contribution in [0.25, 0.3) is 11.0 Å². The summed E-state index contributed by atoms with van der Waals surface area (Å²) in [4.78, 5) is 4.36. The van der Waals surface area contributed by atoms with Crippen molar-refractivity contribution in [1.29, 1.82) is 0 Å². The molecule has 0 N–H and O–H groups in total. The van der Waals surface area contributed by atoms with Crippen LogP contribution in [0.3, 0.4) is 0 Å². The molecule has 88 valence electrons. The molecule has 0 bridgehead atoms. The van der Waals surface area contributed by atoms with Crippen LogP contribution in [0.1, 0.15) is 12.0 Å². The van der Waals surface area contributed by atoms with Gasteiger partial charge in [0.05, 0.1) is 24.2 Å². The number of nitrogens with zero attached hydrogens (tertiary/aromatic N) is 2. The van der Waals surface area contributed by atoms with Crippen molar-refractivity contribution in [3.05, 3.63) is 29.0 Å². The van der Waals surface area contributed by atoms with E-state index in [1.165, 1.54) is 0 Å². The Hall–Kier alpha value is -1.10. The molecule has 1 fully saturated rings. The van der Waals surface area contributed by atoms with E-state index < -0.39 is 5.79 Å². The van der Waals surface area contributed by atoms with E-state index >= 15 is 0 Å². The summed E-state index contributed by atoms with van der Waals surface area (Å²) < 4.78 is 13.7. The lowest BCUT2D eigenvalue weighted by Gasteiger charge is -2.32. The molecule has 1 saturated heterocycles. The van der Waals surface area contributed by atoms with Crippen LogP contribution in [0, 0.1) is 0 Å². The number of rotatable bonds is 0. The summed E-state index contributed by atoms with van der Waals surface area (Å²) in [6, 6.07) is 5.99. The van der Waals surface area contributed by atoms with Gasteiger partial charge in [-0.1, -0.05) is 12.1 Å². The summed E-state index contributed by atoms with van der Waals surface area (Å²) in [7, 11) is 0. The molecule has 2 aliphatic rings. The van der Waals surface area contributed by atoms with Gasteiger partial charge < -0.3 is 14.0 Å². The molecule has 1 aromatic carbocycles. The van der Waals surface area contributed by atoms with E-state index in [-0.39, 0.29) is 0 Å². The molecule has 4 nitrogen and oxygen atoms in total. The van der Waals surface area contributed by atoms with E-state index in [1.54, 1.807) is 0 Å². The fourth-order valence-corrected chi connectivity index (χ4v) is 3.08. The number of para-hydroxylation sites is 1. The lowest BCUT2D eigenvalue weighted by atomic mass is 9.97. The smallest absolute Gasteiger partial charge is 0.203 e. The first-order valence-electron chi connectivity index (χ1n) is 5.73. The largest absolute Gasteiger partial charge is 0.343 e. The second kappa shape index (κ2) is 3.22. The van der Waals surface area contributed by atoms with Gasteiger partial charge in [0, 0.05) is 18.5 Å². The topological polar surface area (TPSA) is 36.3 Å². The van der Waals surface area contributed by atoms with Crippen LogP contribution in [0.15, 0.2) is 18.2 Å². The minimum absolute atomic E-state index is 0.542. The average Bonchev–Trinajstić information content (AvgIpc) is 2.91. The molecular formula is C12H11ClN2O2. The number of ether oxygens (including phenoxy) is 2. The second-order valence-electron chi connectivity index (χ2n) is 4.41. The number of halogens is 1. The van der Waals surface area contributed by atoms with Gasteiger partial charge in [-0.15, -0.1) is 0 Å². The summed E-state index contributed by atoms with van der Waals surface area (Å²) >= 11 is 6.14. The van der Waals surface area contributed by atoms with Gasteiger partial charge in [0.25, 0.3) is 0 Å². The van der Waals surface area contributed by atoms with Gasteiger partial charge in [0.2, 0.25) is 5.28 Å². The molecule has 5 heteroatoms. The molecule has 0 amide bonds. The highest BCUT2D eigenvalue weighted by atomic mass is 35.5. The molecule has 0 unspecified atom stereocenters. The van der Waals surface area contributed by atoms with Gasteiger partial charge >= 0.3 is 0 Å². The van der Waals surface area contributed by atoms with Crippen LogP contribution < -0.4 is 0 Å². The maximum atomic E-state index is 6.14. The predicted octanol–water partition coefficient (Wildman–Crippen LogP) is 2.29. The van der Waals surface area contributed by atoms with E-state index in [0.29, 0.717) is 18.5 Å². The van der Waals surface area contributed by atoms with E-state index in [2.05, 4.69) is 4.98 Å². The van der Waals surface area contributed by atoms with Crippen LogP contribution in [0.2, 0.25) is 5.28 Å². The van der Waals surface area contributed by atoms with Crippen LogP contribution in [-0.2, 0) is 21.8 Å². The summed E-state index contributed by atoms with van der Waals surface area (Å²) in [6.45, 7) is 2.09. The molecule has 0 atom stereocenters. The molecule has 1 spiro atoms. The Balaban J connectivity index is 2.07. The number of fused-ring (bicyclic) bond motifs is 1. The maximum absolute atomic E-state index is 6.14. The molecule has 3 heterocycles. The molecule has 2 aromatic rings. The second-order valence-corrected chi connectivity index (χ2v) is 4.74. The molecule has 2 aliphatic heterocycles. The molecule has 0 radical (unpaired) electrons. The molecule has 1 aromatic heterocycles. The van der Waals surface area contributed by atoms with Gasteiger partial charge in [0.1, 0.15) is 0 Å². The third-order valence-electron chi connectivity index (χ3n) is 3.55. The van der Waals surface area contributed by atoms with Crippen molar-refractivity contribution in [1.82, 2.24) is 9.55 Å². The first-order valence-corrected chi connectivity index (χ1v) is 6.11. The minimum atomic E-state index is -0.571. The van der Waals surface area contributed by atoms with Crippen molar-refractivity contribution in [2.45, 2.75) is 18.8 Å². The summed E-state index contributed by atoms with van der Waals surface area (Å²) in [5.74, 6) is -0.571. The Bertz CT molecular complexity index is 602. The average molecular weight is 251 g/mol. The number of aromatic nitrogens is 2. The predicted molar refractivity (Wildman–Crippen MR) is 62.9 cm³/mol. The molecular weight excluding hydrogens is 240 g/mol. The van der Waals surface area contributed by atoms with Gasteiger partial charge in [-0.3, -0.25) is 0 Å². The highest BCUT2D eigenvalue weighted by Crippen LogP contribution is 2.43. The van der Waals surface area contributed by atoms with Gasteiger partial charge in [0.15, 0.2) is 5.79 Å². The Labute approximate surface area is 103 Å². The van der Waals surface area contributed by atoms with Crippen molar-refractivity contribution in [3.8, 4) is 0 Å². The van der Waals surface area contributed by atoms with E-state index in [0.717, 1.165) is 29.6 Å². The van der Waals surface area contributed by atoms with Crippen molar-refractivity contribution >= 4 is 22.6 Å². The lowest BCUT2D eigenvalue weighted by molar-refractivity contribution is -0.174. The first-order chi connectivity index (χ1) is 8.30. The quantitative estimate of drug-likeness (QED) is 0.720. The minimum Gasteiger partial charge on any atom is -0.343 e. The molecule has 4 rings (SSSR count). The molecule has 17 heavy (non-hydrogen) atoms. The third kappa shape index (κ3) is 1.18. The van der Waals surface area contributed by atoms with Crippen LogP contribution in [0.4, 0.5) is 0 Å². The standard InChI is InChI=1S/C12H11ClN2O2/c13-11-14-9-3-1-2-8-10(9)15(11)5-4-12(8)16-6-7-17-12/h1-3H,4-7H2. The lowest BCUT2D eigenvalue weighted by Crippen LogP contribution is -2.32. The van der Waals surface area contributed by atoms with E-state index in [9.17, 15) is 0 Å². The summed E-state index contributed by atoms with van der Waals surface area (Å²) in [5.41, 5.74) is 3.01. The van der Waals surface area contributed by atoms with Gasteiger partial charge in [-0.25, -0.2) is 4.98 Å². The zero-order valence-corrected chi connectivity index (χ0v) is 9.91. The molecule has 0 aliphatic carbocycles. The Morgan fingerprint density at radius 2 is 2.12 bits per heavy atom. The Morgan fingerprint density at radius 3 is 2.94 bits per heavy atom. The highest BCUT2D eigenvalue weighted by molar-refractivity contribution is 6.29. The highest BCUT2D eigenvalue weighted by Gasteiger charge is 2.43. The SMILES string of the molecule is Clc1nc2cccc3c2n1CCC31OCCO1. The van der Waals surface area contributed by atoms with Crippen molar-refractivity contribution in [2.24, 2.45) is 0 Å². The van der Waals surface area contributed by atoms with Crippen molar-refractivity contribution in [3.63, 3.8) is 0 Å².